The molecule has 3 heterocycles. The van der Waals surface area contributed by atoms with Gasteiger partial charge in [-0.2, -0.15) is 0 Å². The van der Waals surface area contributed by atoms with Crippen LogP contribution in [0.3, 0.4) is 0 Å². The number of rotatable bonds is 7. The molecule has 0 atom stereocenters. The predicted octanol–water partition coefficient (Wildman–Crippen LogP) is 3.55. The number of hydrogen-bond donors (Lipinski definition) is 3. The highest BCUT2D eigenvalue weighted by Gasteiger charge is 2.17. The van der Waals surface area contributed by atoms with E-state index in [9.17, 15) is 9.59 Å². The number of ether oxygens (including phenoxy) is 1. The predicted molar refractivity (Wildman–Crippen MR) is 134 cm³/mol. The summed E-state index contributed by atoms with van der Waals surface area (Å²) in [5.41, 5.74) is 2.18. The number of para-hydroxylation sites is 1. The summed E-state index contributed by atoms with van der Waals surface area (Å²) in [4.78, 5) is 31.6. The maximum atomic E-state index is 12.5. The third-order valence-corrected chi connectivity index (χ3v) is 5.37. The minimum Gasteiger partial charge on any atom is -0.399 e. The van der Waals surface area contributed by atoms with Gasteiger partial charge in [-0.05, 0) is 42.5 Å². The van der Waals surface area contributed by atoms with E-state index < -0.39 is 5.91 Å². The van der Waals surface area contributed by atoms with Crippen LogP contribution in [-0.4, -0.2) is 53.3 Å². The Balaban J connectivity index is 1.19. The maximum Gasteiger partial charge on any atom is 0.320 e. The number of aromatic nitrogens is 3. The molecule has 1 aliphatic rings. The van der Waals surface area contributed by atoms with E-state index in [0.29, 0.717) is 35.8 Å². The molecule has 4 aromatic rings. The van der Waals surface area contributed by atoms with E-state index in [1.807, 2.05) is 24.3 Å². The second-order valence-electron chi connectivity index (χ2n) is 7.90. The summed E-state index contributed by atoms with van der Waals surface area (Å²) in [7, 11) is 0. The molecule has 0 radical (unpaired) electrons. The molecule has 2 aromatic heterocycles. The van der Waals surface area contributed by atoms with Crippen LogP contribution in [0.1, 0.15) is 21.0 Å². The lowest BCUT2D eigenvalue weighted by molar-refractivity contribution is 0.0989. The molecule has 5 rings (SSSR count). The van der Waals surface area contributed by atoms with Crippen molar-refractivity contribution in [2.75, 3.05) is 47.2 Å². The van der Waals surface area contributed by atoms with Crippen LogP contribution in [0.2, 0.25) is 0 Å². The van der Waals surface area contributed by atoms with Gasteiger partial charge in [0.2, 0.25) is 0 Å². The molecule has 2 amide bonds. The second kappa shape index (κ2) is 10.7. The minimum absolute atomic E-state index is 0.0153. The van der Waals surface area contributed by atoms with Gasteiger partial charge in [0.05, 0.1) is 25.1 Å². The summed E-state index contributed by atoms with van der Waals surface area (Å²) in [6.45, 7) is 2.88. The number of carbonyl (C=O) groups excluding carboxylic acids is 2. The number of amides is 2. The normalized spacial score (nSPS) is 13.2. The van der Waals surface area contributed by atoms with Gasteiger partial charge >= 0.3 is 17.8 Å². The first-order valence-corrected chi connectivity index (χ1v) is 11.3. The van der Waals surface area contributed by atoms with Gasteiger partial charge in [-0.25, -0.2) is 4.98 Å². The molecule has 0 unspecified atom stereocenters. The first-order chi connectivity index (χ1) is 17.6. The van der Waals surface area contributed by atoms with Crippen molar-refractivity contribution in [3.63, 3.8) is 0 Å². The first-order valence-electron chi connectivity index (χ1n) is 11.3. The van der Waals surface area contributed by atoms with Crippen LogP contribution in [0.5, 0.6) is 0 Å². The number of hydrogen-bond acceptors (Lipinski definition) is 9. The van der Waals surface area contributed by atoms with Crippen molar-refractivity contribution >= 4 is 40.7 Å². The molecular formula is C25H23N7O4. The molecule has 0 spiro atoms. The molecule has 0 bridgehead atoms. The van der Waals surface area contributed by atoms with E-state index in [1.54, 1.807) is 48.7 Å². The van der Waals surface area contributed by atoms with Gasteiger partial charge in [0.25, 0.3) is 5.91 Å². The number of pyridine rings is 1. The molecule has 36 heavy (non-hydrogen) atoms. The summed E-state index contributed by atoms with van der Waals surface area (Å²) in [5, 5.41) is 16.1. The van der Waals surface area contributed by atoms with Gasteiger partial charge in [-0.1, -0.05) is 29.4 Å². The summed E-state index contributed by atoms with van der Waals surface area (Å²) < 4.78 is 10.8. The molecule has 2 aromatic carbocycles. The van der Waals surface area contributed by atoms with Gasteiger partial charge in [0.1, 0.15) is 5.82 Å². The Bertz CT molecular complexity index is 1340. The average Bonchev–Trinajstić information content (AvgIpc) is 3.39. The minimum atomic E-state index is -0.563. The highest BCUT2D eigenvalue weighted by atomic mass is 16.5. The van der Waals surface area contributed by atoms with Crippen LogP contribution < -0.4 is 20.9 Å². The zero-order chi connectivity index (χ0) is 24.7. The van der Waals surface area contributed by atoms with E-state index in [2.05, 4.69) is 36.0 Å². The first kappa shape index (κ1) is 23.0. The number of morpholine rings is 1. The third-order valence-electron chi connectivity index (χ3n) is 5.37. The van der Waals surface area contributed by atoms with Crippen LogP contribution >= 0.6 is 0 Å². The Labute approximate surface area is 206 Å². The molecule has 1 saturated heterocycles. The molecule has 11 heteroatoms. The van der Waals surface area contributed by atoms with Gasteiger partial charge in [-0.3, -0.25) is 9.59 Å². The van der Waals surface area contributed by atoms with Crippen molar-refractivity contribution in [2.24, 2.45) is 0 Å². The Morgan fingerprint density at radius 2 is 1.58 bits per heavy atom. The van der Waals surface area contributed by atoms with E-state index in [-0.39, 0.29) is 17.8 Å². The largest absolute Gasteiger partial charge is 0.399 e. The van der Waals surface area contributed by atoms with Crippen molar-refractivity contribution in [3.05, 3.63) is 84.4 Å². The molecule has 3 N–H and O–H groups in total. The van der Waals surface area contributed by atoms with E-state index in [0.717, 1.165) is 18.9 Å². The molecule has 1 fully saturated rings. The molecular weight excluding hydrogens is 462 g/mol. The highest BCUT2D eigenvalue weighted by molar-refractivity contribution is 6.05. The van der Waals surface area contributed by atoms with Gasteiger partial charge < -0.3 is 30.0 Å². The van der Waals surface area contributed by atoms with Crippen LogP contribution in [0.4, 0.5) is 28.9 Å². The van der Waals surface area contributed by atoms with Gasteiger partial charge in [0, 0.05) is 30.0 Å². The summed E-state index contributed by atoms with van der Waals surface area (Å²) in [6.07, 6.45) is 1.57. The Morgan fingerprint density at radius 1 is 0.806 bits per heavy atom. The number of anilines is 5. The molecule has 1 aliphatic heterocycles. The lowest BCUT2D eigenvalue weighted by atomic mass is 10.2. The fourth-order valence-electron chi connectivity index (χ4n) is 3.58. The lowest BCUT2D eigenvalue weighted by Crippen LogP contribution is -2.36. The molecule has 182 valence electrons. The van der Waals surface area contributed by atoms with Crippen LogP contribution in [0.15, 0.2) is 77.3 Å². The fraction of sp³-hybridized carbons (Fsp3) is 0.160. The highest BCUT2D eigenvalue weighted by Crippen LogP contribution is 2.19. The molecule has 0 aliphatic carbocycles. The van der Waals surface area contributed by atoms with Crippen LogP contribution in [0.25, 0.3) is 0 Å². The summed E-state index contributed by atoms with van der Waals surface area (Å²) in [6, 6.07) is 19.6. The summed E-state index contributed by atoms with van der Waals surface area (Å²) in [5.74, 6) is -0.218. The smallest absolute Gasteiger partial charge is 0.320 e. The lowest BCUT2D eigenvalue weighted by Gasteiger charge is -2.27. The zero-order valence-electron chi connectivity index (χ0n) is 19.2. The van der Waals surface area contributed by atoms with Crippen molar-refractivity contribution < 1.29 is 18.7 Å². The Hall–Kier alpha value is -4.77. The van der Waals surface area contributed by atoms with E-state index in [1.165, 1.54) is 0 Å². The number of carbonyl (C=O) groups is 2. The van der Waals surface area contributed by atoms with Crippen molar-refractivity contribution in [3.8, 4) is 0 Å². The van der Waals surface area contributed by atoms with Gasteiger partial charge in [-0.15, -0.1) is 5.10 Å². The van der Waals surface area contributed by atoms with E-state index in [4.69, 9.17) is 9.15 Å². The van der Waals surface area contributed by atoms with Crippen LogP contribution in [-0.2, 0) is 4.74 Å². The second-order valence-corrected chi connectivity index (χ2v) is 7.90. The fourth-order valence-corrected chi connectivity index (χ4v) is 3.58. The monoisotopic (exact) mass is 485 g/mol. The van der Waals surface area contributed by atoms with Crippen molar-refractivity contribution in [2.45, 2.75) is 0 Å². The standard InChI is InChI=1S/C25H23N7O4/c33-22(27-18-6-2-1-3-7-18)17-5-4-8-19(15-17)29-25-31-30-24(36-25)23(34)28-20-9-10-21(26-16-20)32-11-13-35-14-12-32/h1-10,15-16H,11-14H2,(H,27,33)(H,28,34)(H,29,31). The molecule has 11 nitrogen and oxygen atoms in total. The van der Waals surface area contributed by atoms with Crippen molar-refractivity contribution in [1.82, 2.24) is 15.2 Å². The third kappa shape index (κ3) is 5.65. The molecule has 0 saturated carbocycles. The number of nitrogens with zero attached hydrogens (tertiary/aromatic N) is 4. The van der Waals surface area contributed by atoms with Gasteiger partial charge in [0.15, 0.2) is 0 Å². The number of nitrogens with one attached hydrogen (secondary N) is 3. The maximum absolute atomic E-state index is 12.5. The Morgan fingerprint density at radius 3 is 2.36 bits per heavy atom. The number of benzene rings is 2. The zero-order valence-corrected chi connectivity index (χ0v) is 19.2. The van der Waals surface area contributed by atoms with Crippen LogP contribution in [0, 0.1) is 0 Å². The quantitative estimate of drug-likeness (QED) is 0.359. The summed E-state index contributed by atoms with van der Waals surface area (Å²) >= 11 is 0. The topological polar surface area (TPSA) is 135 Å². The average molecular weight is 486 g/mol. The SMILES string of the molecule is O=C(Nc1ccccc1)c1cccc(Nc2nnc(C(=O)Nc3ccc(N4CCOCC4)nc3)o2)c1. The van der Waals surface area contributed by atoms with E-state index >= 15 is 0 Å². The Kier molecular flexibility index (Phi) is 6.81. The van der Waals surface area contributed by atoms with Crippen molar-refractivity contribution in [1.29, 1.82) is 0 Å².